The van der Waals surface area contributed by atoms with Crippen molar-refractivity contribution in [2.75, 3.05) is 13.1 Å². The quantitative estimate of drug-likeness (QED) is 0.671. The fourth-order valence-corrected chi connectivity index (χ4v) is 3.42. The van der Waals surface area contributed by atoms with Gasteiger partial charge in [0, 0.05) is 12.0 Å². The normalized spacial score (nSPS) is 48.6. The molecule has 1 saturated carbocycles. The van der Waals surface area contributed by atoms with Gasteiger partial charge in [-0.05, 0) is 37.6 Å². The third-order valence-corrected chi connectivity index (χ3v) is 4.64. The highest BCUT2D eigenvalue weighted by Crippen LogP contribution is 2.47. The van der Waals surface area contributed by atoms with Crippen molar-refractivity contribution in [1.29, 1.82) is 0 Å². The lowest BCUT2D eigenvalue weighted by Gasteiger charge is -2.44. The summed E-state index contributed by atoms with van der Waals surface area (Å²) in [7, 11) is 0. The molecule has 0 radical (unpaired) electrons. The van der Waals surface area contributed by atoms with Crippen LogP contribution in [0.1, 0.15) is 39.5 Å². The lowest BCUT2D eigenvalue weighted by atomic mass is 9.62. The topological polar surface area (TPSA) is 32.3 Å². The van der Waals surface area contributed by atoms with Crippen molar-refractivity contribution < 1.29 is 5.11 Å². The molecule has 0 bridgehead atoms. The van der Waals surface area contributed by atoms with Crippen LogP contribution >= 0.6 is 0 Å². The van der Waals surface area contributed by atoms with Gasteiger partial charge in [0.15, 0.2) is 0 Å². The Bertz CT molecular complexity index is 206. The highest BCUT2D eigenvalue weighted by molar-refractivity contribution is 5.01. The van der Waals surface area contributed by atoms with Crippen molar-refractivity contribution in [3.8, 4) is 0 Å². The van der Waals surface area contributed by atoms with Crippen molar-refractivity contribution >= 4 is 0 Å². The highest BCUT2D eigenvalue weighted by Gasteiger charge is 2.48. The van der Waals surface area contributed by atoms with E-state index in [0.717, 1.165) is 25.4 Å². The van der Waals surface area contributed by atoms with E-state index in [0.29, 0.717) is 5.92 Å². The number of hydrogen-bond acceptors (Lipinski definition) is 2. The molecule has 4 atom stereocenters. The van der Waals surface area contributed by atoms with E-state index in [9.17, 15) is 5.11 Å². The van der Waals surface area contributed by atoms with E-state index < -0.39 is 0 Å². The van der Waals surface area contributed by atoms with Crippen molar-refractivity contribution in [1.82, 2.24) is 5.32 Å². The maximum atomic E-state index is 10.2. The molecular formula is C12H23NO. The van der Waals surface area contributed by atoms with Gasteiger partial charge in [-0.25, -0.2) is 0 Å². The molecule has 2 nitrogen and oxygen atoms in total. The van der Waals surface area contributed by atoms with Gasteiger partial charge in [0.2, 0.25) is 0 Å². The van der Waals surface area contributed by atoms with Crippen molar-refractivity contribution in [2.24, 2.45) is 17.3 Å². The maximum Gasteiger partial charge on any atom is 0.0611 e. The minimum Gasteiger partial charge on any atom is -0.392 e. The minimum absolute atomic E-state index is 0.0599. The maximum absolute atomic E-state index is 10.2. The largest absolute Gasteiger partial charge is 0.392 e. The summed E-state index contributed by atoms with van der Waals surface area (Å²) in [6, 6.07) is 0. The summed E-state index contributed by atoms with van der Waals surface area (Å²) in [6.45, 7) is 6.70. The minimum atomic E-state index is -0.0599. The molecule has 2 N–H and O–H groups in total. The molecule has 4 unspecified atom stereocenters. The lowest BCUT2D eigenvalue weighted by Crippen LogP contribution is -2.46. The number of aliphatic hydroxyl groups is 1. The van der Waals surface area contributed by atoms with Crippen molar-refractivity contribution in [2.45, 2.75) is 45.6 Å². The van der Waals surface area contributed by atoms with E-state index in [4.69, 9.17) is 0 Å². The summed E-state index contributed by atoms with van der Waals surface area (Å²) in [5.74, 6) is 1.49. The van der Waals surface area contributed by atoms with E-state index in [1.165, 1.54) is 19.3 Å². The molecule has 0 amide bonds. The molecule has 0 aromatic carbocycles. The molecular weight excluding hydrogens is 174 g/mol. The zero-order valence-corrected chi connectivity index (χ0v) is 9.42. The first kappa shape index (κ1) is 10.4. The monoisotopic (exact) mass is 197 g/mol. The molecule has 0 aromatic heterocycles. The first-order chi connectivity index (χ1) is 6.69. The van der Waals surface area contributed by atoms with Crippen LogP contribution in [0, 0.1) is 17.3 Å². The van der Waals surface area contributed by atoms with Gasteiger partial charge in [0.05, 0.1) is 6.10 Å². The first-order valence-corrected chi connectivity index (χ1v) is 6.08. The standard InChI is InChI=1S/C12H23NO/c1-3-10-4-5-11(14)12(6-10)8-13-7-9(12)2/h9-11,13-14H,3-8H2,1-2H3. The number of aliphatic hydroxyl groups excluding tert-OH is 1. The summed E-state index contributed by atoms with van der Waals surface area (Å²) >= 11 is 0. The molecule has 1 heterocycles. The second-order valence-corrected chi connectivity index (χ2v) is 5.34. The fraction of sp³-hybridized carbons (Fsp3) is 1.00. The summed E-state index contributed by atoms with van der Waals surface area (Å²) < 4.78 is 0. The van der Waals surface area contributed by atoms with Crippen LogP contribution in [0.4, 0.5) is 0 Å². The lowest BCUT2D eigenvalue weighted by molar-refractivity contribution is -0.0427. The molecule has 2 fully saturated rings. The van der Waals surface area contributed by atoms with E-state index in [2.05, 4.69) is 19.2 Å². The second kappa shape index (κ2) is 3.82. The van der Waals surface area contributed by atoms with Crippen molar-refractivity contribution in [3.63, 3.8) is 0 Å². The Morgan fingerprint density at radius 3 is 2.79 bits per heavy atom. The van der Waals surface area contributed by atoms with Crippen LogP contribution in [0.2, 0.25) is 0 Å². The summed E-state index contributed by atoms with van der Waals surface area (Å²) in [5.41, 5.74) is 0.207. The molecule has 0 aromatic rings. The molecule has 2 rings (SSSR count). The van der Waals surface area contributed by atoms with Gasteiger partial charge in [0.1, 0.15) is 0 Å². The van der Waals surface area contributed by atoms with Gasteiger partial charge in [-0.1, -0.05) is 20.3 Å². The molecule has 1 aliphatic heterocycles. The van der Waals surface area contributed by atoms with Gasteiger partial charge < -0.3 is 10.4 Å². The van der Waals surface area contributed by atoms with E-state index in [1.807, 2.05) is 0 Å². The van der Waals surface area contributed by atoms with Gasteiger partial charge in [0.25, 0.3) is 0 Å². The van der Waals surface area contributed by atoms with Gasteiger partial charge in [-0.2, -0.15) is 0 Å². The number of hydrogen-bond donors (Lipinski definition) is 2. The van der Waals surface area contributed by atoms with Gasteiger partial charge >= 0.3 is 0 Å². The summed E-state index contributed by atoms with van der Waals surface area (Å²) in [5, 5.41) is 13.7. The Morgan fingerprint density at radius 1 is 1.43 bits per heavy atom. The molecule has 82 valence electrons. The van der Waals surface area contributed by atoms with Crippen LogP contribution in [0.5, 0.6) is 0 Å². The average molecular weight is 197 g/mol. The molecule has 2 heteroatoms. The third-order valence-electron chi connectivity index (χ3n) is 4.64. The second-order valence-electron chi connectivity index (χ2n) is 5.34. The van der Waals surface area contributed by atoms with E-state index in [1.54, 1.807) is 0 Å². The average Bonchev–Trinajstić information content (AvgIpc) is 2.54. The zero-order valence-electron chi connectivity index (χ0n) is 9.42. The molecule has 14 heavy (non-hydrogen) atoms. The van der Waals surface area contributed by atoms with Crippen molar-refractivity contribution in [3.05, 3.63) is 0 Å². The Morgan fingerprint density at radius 2 is 2.21 bits per heavy atom. The Hall–Kier alpha value is -0.0800. The van der Waals surface area contributed by atoms with E-state index in [-0.39, 0.29) is 11.5 Å². The molecule has 1 aliphatic carbocycles. The highest BCUT2D eigenvalue weighted by atomic mass is 16.3. The summed E-state index contributed by atoms with van der Waals surface area (Å²) in [4.78, 5) is 0. The van der Waals surface area contributed by atoms with Gasteiger partial charge in [-0.15, -0.1) is 0 Å². The Kier molecular flexibility index (Phi) is 2.85. The third kappa shape index (κ3) is 1.49. The van der Waals surface area contributed by atoms with Crippen LogP contribution in [-0.2, 0) is 0 Å². The summed E-state index contributed by atoms with van der Waals surface area (Å²) in [6.07, 6.45) is 4.70. The van der Waals surface area contributed by atoms with Crippen LogP contribution in [0.15, 0.2) is 0 Å². The first-order valence-electron chi connectivity index (χ1n) is 6.08. The van der Waals surface area contributed by atoms with E-state index >= 15 is 0 Å². The predicted octanol–water partition coefficient (Wildman–Crippen LogP) is 1.78. The molecule has 1 spiro atoms. The predicted molar refractivity (Wildman–Crippen MR) is 58.1 cm³/mol. The zero-order chi connectivity index (χ0) is 10.2. The van der Waals surface area contributed by atoms with Crippen LogP contribution in [-0.4, -0.2) is 24.3 Å². The smallest absolute Gasteiger partial charge is 0.0611 e. The van der Waals surface area contributed by atoms with Crippen LogP contribution in [0.25, 0.3) is 0 Å². The molecule has 1 saturated heterocycles. The Balaban J connectivity index is 2.13. The van der Waals surface area contributed by atoms with Gasteiger partial charge in [-0.3, -0.25) is 0 Å². The van der Waals surface area contributed by atoms with Crippen LogP contribution in [0.3, 0.4) is 0 Å². The Labute approximate surface area is 87.1 Å². The SMILES string of the molecule is CCC1CCC(O)C2(CNCC2C)C1. The molecule has 2 aliphatic rings. The fourth-order valence-electron chi connectivity index (χ4n) is 3.42. The van der Waals surface area contributed by atoms with Crippen LogP contribution < -0.4 is 5.32 Å². The number of nitrogens with one attached hydrogen (secondary N) is 1. The number of rotatable bonds is 1.